The number of para-hydroxylation sites is 1. The summed E-state index contributed by atoms with van der Waals surface area (Å²) >= 11 is 0. The summed E-state index contributed by atoms with van der Waals surface area (Å²) in [5.74, 6) is -1.93. The first-order chi connectivity index (χ1) is 20.5. The molecule has 9 heteroatoms. The van der Waals surface area contributed by atoms with Crippen molar-refractivity contribution >= 4 is 34.5 Å². The minimum Gasteiger partial charge on any atom is -0.361 e. The van der Waals surface area contributed by atoms with Crippen molar-refractivity contribution in [3.05, 3.63) is 96.2 Å². The van der Waals surface area contributed by atoms with E-state index in [9.17, 15) is 19.2 Å². The Kier molecular flexibility index (Phi) is 9.48. The molecule has 4 atom stereocenters. The number of carbonyl (C=O) groups excluding carboxylic acids is 4. The van der Waals surface area contributed by atoms with E-state index in [0.717, 1.165) is 28.5 Å². The van der Waals surface area contributed by atoms with Crippen LogP contribution in [0.1, 0.15) is 30.4 Å². The Hall–Kier alpha value is -4.66. The summed E-state index contributed by atoms with van der Waals surface area (Å²) < 4.78 is 0. The van der Waals surface area contributed by atoms with E-state index in [1.54, 1.807) is 0 Å². The lowest BCUT2D eigenvalue weighted by Crippen LogP contribution is -2.56. The summed E-state index contributed by atoms with van der Waals surface area (Å²) in [5.41, 5.74) is 2.68. The van der Waals surface area contributed by atoms with Gasteiger partial charge in [-0.3, -0.25) is 19.2 Å². The molecule has 0 spiro atoms. The average molecular weight is 568 g/mol. The average Bonchev–Trinajstić information content (AvgIpc) is 3.41. The molecule has 1 aromatic heterocycles. The Morgan fingerprint density at radius 2 is 1.48 bits per heavy atom. The second-order valence-electron chi connectivity index (χ2n) is 11.0. The lowest BCUT2D eigenvalue weighted by Gasteiger charge is -2.27. The van der Waals surface area contributed by atoms with Crippen molar-refractivity contribution in [3.8, 4) is 0 Å². The van der Waals surface area contributed by atoms with Gasteiger partial charge in [-0.25, -0.2) is 0 Å². The fourth-order valence-corrected chi connectivity index (χ4v) is 5.61. The third kappa shape index (κ3) is 7.54. The standard InChI is InChI=1S/C33H37N5O4/c39-30-20-24(17-22-9-3-1-4-10-22)31(40)37-29(19-25-21-36-27-14-8-7-13-26(25)27)33(42)38-28(32(41)35-16-15-34-30)18-23-11-5-2-6-12-23/h1-9,11-14,21-22,24,28-29,36H,10,15-20H2,(H,34,39)(H,35,41)(H,37,40)(H,38,42)/t22?,24?,28-,29-/m0/s1. The zero-order chi connectivity index (χ0) is 29.3. The number of aromatic amines is 1. The topological polar surface area (TPSA) is 132 Å². The molecule has 2 aliphatic rings. The van der Waals surface area contributed by atoms with E-state index in [2.05, 4.69) is 38.4 Å². The van der Waals surface area contributed by atoms with Crippen molar-refractivity contribution in [1.82, 2.24) is 26.3 Å². The van der Waals surface area contributed by atoms with Crippen LogP contribution in [0.4, 0.5) is 0 Å². The van der Waals surface area contributed by atoms with Gasteiger partial charge >= 0.3 is 0 Å². The van der Waals surface area contributed by atoms with Crippen LogP contribution in [0.2, 0.25) is 0 Å². The largest absolute Gasteiger partial charge is 0.361 e. The predicted octanol–water partition coefficient (Wildman–Crippen LogP) is 2.70. The van der Waals surface area contributed by atoms with Crippen molar-refractivity contribution in [2.45, 2.75) is 44.2 Å². The molecule has 0 saturated carbocycles. The molecule has 1 aliphatic carbocycles. The van der Waals surface area contributed by atoms with E-state index in [0.29, 0.717) is 6.42 Å². The van der Waals surface area contributed by atoms with Gasteiger partial charge in [0, 0.05) is 55.4 Å². The van der Waals surface area contributed by atoms with Crippen LogP contribution in [-0.2, 0) is 32.0 Å². The van der Waals surface area contributed by atoms with Crippen molar-refractivity contribution in [2.24, 2.45) is 11.8 Å². The van der Waals surface area contributed by atoms with Crippen LogP contribution in [0.15, 0.2) is 85.1 Å². The molecule has 9 nitrogen and oxygen atoms in total. The number of aromatic nitrogens is 1. The molecule has 2 aromatic carbocycles. The number of rotatable bonds is 6. The molecule has 2 heterocycles. The molecule has 5 N–H and O–H groups in total. The highest BCUT2D eigenvalue weighted by Crippen LogP contribution is 2.24. The first kappa shape index (κ1) is 28.9. The number of hydrogen-bond acceptors (Lipinski definition) is 4. The van der Waals surface area contributed by atoms with Crippen molar-refractivity contribution in [1.29, 1.82) is 0 Å². The summed E-state index contributed by atoms with van der Waals surface area (Å²) in [7, 11) is 0. The van der Waals surface area contributed by atoms with E-state index in [1.165, 1.54) is 0 Å². The second-order valence-corrected chi connectivity index (χ2v) is 11.0. The van der Waals surface area contributed by atoms with Crippen LogP contribution in [0.5, 0.6) is 0 Å². The maximum absolute atomic E-state index is 13.9. The molecule has 1 aliphatic heterocycles. The van der Waals surface area contributed by atoms with E-state index in [1.807, 2.05) is 72.9 Å². The van der Waals surface area contributed by atoms with Gasteiger partial charge in [0.15, 0.2) is 0 Å². The van der Waals surface area contributed by atoms with Gasteiger partial charge < -0.3 is 26.3 Å². The van der Waals surface area contributed by atoms with E-state index < -0.39 is 23.9 Å². The third-order valence-electron chi connectivity index (χ3n) is 7.85. The Balaban J connectivity index is 1.44. The molecule has 5 rings (SSSR count). The molecule has 4 amide bonds. The maximum atomic E-state index is 13.9. The van der Waals surface area contributed by atoms with Gasteiger partial charge in [0.05, 0.1) is 0 Å². The summed E-state index contributed by atoms with van der Waals surface area (Å²) in [6.07, 6.45) is 11.6. The lowest BCUT2D eigenvalue weighted by molar-refractivity contribution is -0.135. The summed E-state index contributed by atoms with van der Waals surface area (Å²) in [6.45, 7) is 0.428. The SMILES string of the molecule is O=C1CC(CC2C=CC=CC2)C(=O)N[C@@H](Cc2c[nH]c3ccccc23)C(=O)N[C@@H](Cc2ccccc2)C(=O)NCCN1. The third-order valence-corrected chi connectivity index (χ3v) is 7.85. The van der Waals surface area contributed by atoms with Gasteiger partial charge in [-0.15, -0.1) is 0 Å². The van der Waals surface area contributed by atoms with Crippen molar-refractivity contribution in [2.75, 3.05) is 13.1 Å². The Morgan fingerprint density at radius 3 is 2.29 bits per heavy atom. The Labute approximate surface area is 245 Å². The maximum Gasteiger partial charge on any atom is 0.243 e. The smallest absolute Gasteiger partial charge is 0.243 e. The minimum absolute atomic E-state index is 0.00804. The van der Waals surface area contributed by atoms with Gasteiger partial charge in [-0.1, -0.05) is 72.8 Å². The zero-order valence-electron chi connectivity index (χ0n) is 23.5. The van der Waals surface area contributed by atoms with Crippen molar-refractivity contribution < 1.29 is 19.2 Å². The number of hydrogen-bond donors (Lipinski definition) is 5. The molecule has 42 heavy (non-hydrogen) atoms. The zero-order valence-corrected chi connectivity index (χ0v) is 23.5. The Bertz CT molecular complexity index is 1480. The fourth-order valence-electron chi connectivity index (χ4n) is 5.61. The van der Waals surface area contributed by atoms with Gasteiger partial charge in [0.1, 0.15) is 12.1 Å². The molecule has 3 aromatic rings. The second kappa shape index (κ2) is 13.8. The van der Waals surface area contributed by atoms with Crippen LogP contribution in [0.25, 0.3) is 10.9 Å². The number of amides is 4. The summed E-state index contributed by atoms with van der Waals surface area (Å²) in [6, 6.07) is 15.4. The summed E-state index contributed by atoms with van der Waals surface area (Å²) in [5, 5.41) is 12.5. The monoisotopic (exact) mass is 567 g/mol. The molecule has 0 bridgehead atoms. The van der Waals surface area contributed by atoms with E-state index >= 15 is 0 Å². The predicted molar refractivity (Wildman–Crippen MR) is 161 cm³/mol. The van der Waals surface area contributed by atoms with E-state index in [4.69, 9.17) is 0 Å². The molecular formula is C33H37N5O4. The first-order valence-electron chi connectivity index (χ1n) is 14.5. The molecule has 1 saturated heterocycles. The molecule has 2 unspecified atom stereocenters. The van der Waals surface area contributed by atoms with Gasteiger partial charge in [0.25, 0.3) is 0 Å². The van der Waals surface area contributed by atoms with Crippen molar-refractivity contribution in [3.63, 3.8) is 0 Å². The molecule has 1 fully saturated rings. The minimum atomic E-state index is -0.960. The molecular weight excluding hydrogens is 530 g/mol. The van der Waals surface area contributed by atoms with Crippen LogP contribution in [0.3, 0.4) is 0 Å². The van der Waals surface area contributed by atoms with Crippen LogP contribution in [-0.4, -0.2) is 53.8 Å². The van der Waals surface area contributed by atoms with Crippen LogP contribution >= 0.6 is 0 Å². The van der Waals surface area contributed by atoms with E-state index in [-0.39, 0.29) is 56.0 Å². The summed E-state index contributed by atoms with van der Waals surface area (Å²) in [4.78, 5) is 57.0. The fraction of sp³-hybridized carbons (Fsp3) is 0.333. The highest BCUT2D eigenvalue weighted by atomic mass is 16.2. The van der Waals surface area contributed by atoms with Crippen LogP contribution < -0.4 is 21.3 Å². The van der Waals surface area contributed by atoms with Gasteiger partial charge in [-0.2, -0.15) is 0 Å². The number of nitrogens with one attached hydrogen (secondary N) is 5. The van der Waals surface area contributed by atoms with Gasteiger partial charge in [-0.05, 0) is 36.0 Å². The molecule has 0 radical (unpaired) electrons. The Morgan fingerprint density at radius 1 is 0.738 bits per heavy atom. The molecule has 218 valence electrons. The number of fused-ring (bicyclic) bond motifs is 1. The lowest BCUT2D eigenvalue weighted by atomic mass is 9.87. The van der Waals surface area contributed by atoms with Crippen LogP contribution in [0, 0.1) is 11.8 Å². The first-order valence-corrected chi connectivity index (χ1v) is 14.5. The normalized spacial score (nSPS) is 23.9. The highest BCUT2D eigenvalue weighted by Gasteiger charge is 2.32. The van der Waals surface area contributed by atoms with Gasteiger partial charge in [0.2, 0.25) is 23.6 Å². The number of benzene rings is 2. The number of H-pyrrole nitrogens is 1. The highest BCUT2D eigenvalue weighted by molar-refractivity contribution is 5.94. The number of carbonyl (C=O) groups is 4. The quantitative estimate of drug-likeness (QED) is 0.313. The number of allylic oxidation sites excluding steroid dienone is 4.